The normalized spacial score (nSPS) is 16.7. The third-order valence-corrected chi connectivity index (χ3v) is 3.52. The van der Waals surface area contributed by atoms with E-state index in [4.69, 9.17) is 23.2 Å². The number of nitrogens with zero attached hydrogens (tertiary/aromatic N) is 1. The Balaban J connectivity index is 2.11. The first-order valence-corrected chi connectivity index (χ1v) is 6.89. The topological polar surface area (TPSA) is 32.3 Å². The molecule has 1 saturated heterocycles. The molecule has 1 fully saturated rings. The molecule has 1 aromatic rings. The second kappa shape index (κ2) is 5.81. The second-order valence-electron chi connectivity index (χ2n) is 4.47. The standard InChI is InChI=1S/C13H16Cl2N2O/c1-9(14)13(18)16-10-4-5-12(11(15)8-10)17-6-2-3-7-17/h4-5,8-9H,2-3,6-7H2,1H3,(H,16,18)/t9-/m0/s1. The largest absolute Gasteiger partial charge is 0.370 e. The quantitative estimate of drug-likeness (QED) is 0.863. The molecule has 0 aliphatic carbocycles. The summed E-state index contributed by atoms with van der Waals surface area (Å²) in [6, 6.07) is 5.57. The fraction of sp³-hybridized carbons (Fsp3) is 0.462. The molecule has 1 N–H and O–H groups in total. The minimum atomic E-state index is -0.554. The molecule has 1 atom stereocenters. The first-order chi connectivity index (χ1) is 8.58. The molecular formula is C13H16Cl2N2O. The van der Waals surface area contributed by atoms with Crippen molar-refractivity contribution < 1.29 is 4.79 Å². The van der Waals surface area contributed by atoms with Gasteiger partial charge in [-0.1, -0.05) is 11.6 Å². The highest BCUT2D eigenvalue weighted by Crippen LogP contribution is 2.31. The summed E-state index contributed by atoms with van der Waals surface area (Å²) >= 11 is 11.9. The van der Waals surface area contributed by atoms with Gasteiger partial charge in [-0.15, -0.1) is 11.6 Å². The fourth-order valence-corrected chi connectivity index (χ4v) is 2.40. The zero-order valence-corrected chi connectivity index (χ0v) is 11.8. The lowest BCUT2D eigenvalue weighted by atomic mass is 10.2. The number of benzene rings is 1. The molecule has 0 unspecified atom stereocenters. The molecule has 18 heavy (non-hydrogen) atoms. The van der Waals surface area contributed by atoms with Crippen LogP contribution in [0.25, 0.3) is 0 Å². The summed E-state index contributed by atoms with van der Waals surface area (Å²) in [6.07, 6.45) is 2.41. The average molecular weight is 287 g/mol. The van der Waals surface area contributed by atoms with Crippen LogP contribution in [0, 0.1) is 0 Å². The van der Waals surface area contributed by atoms with E-state index in [0.717, 1.165) is 18.8 Å². The van der Waals surface area contributed by atoms with Crippen LogP contribution in [-0.2, 0) is 4.79 Å². The highest BCUT2D eigenvalue weighted by atomic mass is 35.5. The van der Waals surface area contributed by atoms with Gasteiger partial charge in [-0.05, 0) is 38.0 Å². The van der Waals surface area contributed by atoms with Crippen LogP contribution in [0.3, 0.4) is 0 Å². The Morgan fingerprint density at radius 3 is 2.61 bits per heavy atom. The molecule has 1 aliphatic heterocycles. The summed E-state index contributed by atoms with van der Waals surface area (Å²) in [4.78, 5) is 13.7. The van der Waals surface area contributed by atoms with Crippen LogP contribution in [0.2, 0.25) is 5.02 Å². The molecule has 0 spiro atoms. The van der Waals surface area contributed by atoms with Crippen LogP contribution in [0.4, 0.5) is 11.4 Å². The molecule has 0 radical (unpaired) electrons. The maximum Gasteiger partial charge on any atom is 0.242 e. The molecule has 1 aromatic carbocycles. The Morgan fingerprint density at radius 1 is 1.39 bits per heavy atom. The van der Waals surface area contributed by atoms with Crippen molar-refractivity contribution >= 4 is 40.5 Å². The van der Waals surface area contributed by atoms with E-state index in [2.05, 4.69) is 10.2 Å². The average Bonchev–Trinajstić information content (AvgIpc) is 2.82. The van der Waals surface area contributed by atoms with Gasteiger partial charge in [0.25, 0.3) is 0 Å². The van der Waals surface area contributed by atoms with Gasteiger partial charge in [0.15, 0.2) is 0 Å². The Morgan fingerprint density at radius 2 is 2.06 bits per heavy atom. The minimum absolute atomic E-state index is 0.221. The first-order valence-electron chi connectivity index (χ1n) is 6.07. The summed E-state index contributed by atoms with van der Waals surface area (Å²) in [6.45, 7) is 3.73. The van der Waals surface area contributed by atoms with Gasteiger partial charge in [-0.25, -0.2) is 0 Å². The van der Waals surface area contributed by atoms with Crippen molar-refractivity contribution in [3.05, 3.63) is 23.2 Å². The zero-order valence-electron chi connectivity index (χ0n) is 10.2. The van der Waals surface area contributed by atoms with Crippen LogP contribution in [0.1, 0.15) is 19.8 Å². The predicted molar refractivity (Wildman–Crippen MR) is 76.8 cm³/mol. The van der Waals surface area contributed by atoms with E-state index in [0.29, 0.717) is 10.7 Å². The fourth-order valence-electron chi connectivity index (χ4n) is 2.04. The summed E-state index contributed by atoms with van der Waals surface area (Å²) in [5, 5.41) is 2.84. The monoisotopic (exact) mass is 286 g/mol. The highest BCUT2D eigenvalue weighted by Gasteiger charge is 2.16. The number of halogens is 2. The summed E-state index contributed by atoms with van der Waals surface area (Å²) in [5.74, 6) is -0.221. The van der Waals surface area contributed by atoms with Gasteiger partial charge in [0.05, 0.1) is 10.7 Å². The predicted octanol–water partition coefficient (Wildman–Crippen LogP) is 3.51. The molecule has 3 nitrogen and oxygen atoms in total. The summed E-state index contributed by atoms with van der Waals surface area (Å²) in [5.41, 5.74) is 1.71. The molecular weight excluding hydrogens is 271 g/mol. The molecule has 5 heteroatoms. The Labute approximate surface area is 117 Å². The number of amides is 1. The molecule has 2 rings (SSSR count). The molecule has 0 saturated carbocycles. The Bertz CT molecular complexity index is 443. The van der Waals surface area contributed by atoms with Gasteiger partial charge in [0, 0.05) is 18.8 Å². The number of anilines is 2. The number of carbonyl (C=O) groups excluding carboxylic acids is 1. The first kappa shape index (κ1) is 13.5. The van der Waals surface area contributed by atoms with Gasteiger partial charge in [0.1, 0.15) is 5.38 Å². The van der Waals surface area contributed by atoms with Crippen LogP contribution >= 0.6 is 23.2 Å². The number of alkyl halides is 1. The molecule has 98 valence electrons. The smallest absolute Gasteiger partial charge is 0.242 e. The van der Waals surface area contributed by atoms with Gasteiger partial charge >= 0.3 is 0 Å². The van der Waals surface area contributed by atoms with E-state index in [1.54, 1.807) is 13.0 Å². The van der Waals surface area contributed by atoms with Crippen molar-refractivity contribution in [1.29, 1.82) is 0 Å². The van der Waals surface area contributed by atoms with Gasteiger partial charge < -0.3 is 10.2 Å². The van der Waals surface area contributed by atoms with E-state index in [1.165, 1.54) is 12.8 Å². The van der Waals surface area contributed by atoms with Gasteiger partial charge in [-0.3, -0.25) is 4.79 Å². The van der Waals surface area contributed by atoms with Crippen LogP contribution < -0.4 is 10.2 Å². The number of rotatable bonds is 3. The SMILES string of the molecule is C[C@H](Cl)C(=O)Nc1ccc(N2CCCC2)c(Cl)c1. The summed E-state index contributed by atoms with van der Waals surface area (Å²) < 4.78 is 0. The number of hydrogen-bond acceptors (Lipinski definition) is 2. The molecule has 0 bridgehead atoms. The van der Waals surface area contributed by atoms with Crippen molar-refractivity contribution in [3.8, 4) is 0 Å². The second-order valence-corrected chi connectivity index (χ2v) is 5.53. The van der Waals surface area contributed by atoms with E-state index in [-0.39, 0.29) is 5.91 Å². The van der Waals surface area contributed by atoms with E-state index in [9.17, 15) is 4.79 Å². The molecule has 1 heterocycles. The lowest BCUT2D eigenvalue weighted by molar-refractivity contribution is -0.115. The third kappa shape index (κ3) is 3.09. The van der Waals surface area contributed by atoms with Gasteiger partial charge in [0.2, 0.25) is 5.91 Å². The van der Waals surface area contributed by atoms with E-state index >= 15 is 0 Å². The van der Waals surface area contributed by atoms with Gasteiger partial charge in [-0.2, -0.15) is 0 Å². The Hall–Kier alpha value is -0.930. The zero-order chi connectivity index (χ0) is 13.1. The Kier molecular flexibility index (Phi) is 4.36. The summed E-state index contributed by atoms with van der Waals surface area (Å²) in [7, 11) is 0. The van der Waals surface area contributed by atoms with Crippen LogP contribution in [-0.4, -0.2) is 24.4 Å². The van der Waals surface area contributed by atoms with Crippen molar-refractivity contribution in [2.24, 2.45) is 0 Å². The van der Waals surface area contributed by atoms with Crippen molar-refractivity contribution in [2.45, 2.75) is 25.1 Å². The van der Waals surface area contributed by atoms with Crippen molar-refractivity contribution in [2.75, 3.05) is 23.3 Å². The van der Waals surface area contributed by atoms with Crippen molar-refractivity contribution in [3.63, 3.8) is 0 Å². The number of carbonyl (C=O) groups is 1. The third-order valence-electron chi connectivity index (χ3n) is 3.02. The maximum absolute atomic E-state index is 11.5. The van der Waals surface area contributed by atoms with Crippen molar-refractivity contribution in [1.82, 2.24) is 0 Å². The van der Waals surface area contributed by atoms with E-state index < -0.39 is 5.38 Å². The number of hydrogen-bond donors (Lipinski definition) is 1. The van der Waals surface area contributed by atoms with E-state index in [1.807, 2.05) is 12.1 Å². The highest BCUT2D eigenvalue weighted by molar-refractivity contribution is 6.34. The lowest BCUT2D eigenvalue weighted by Gasteiger charge is -2.19. The molecule has 1 aliphatic rings. The van der Waals surface area contributed by atoms with Crippen LogP contribution in [0.15, 0.2) is 18.2 Å². The minimum Gasteiger partial charge on any atom is -0.370 e. The van der Waals surface area contributed by atoms with Crippen LogP contribution in [0.5, 0.6) is 0 Å². The lowest BCUT2D eigenvalue weighted by Crippen LogP contribution is -2.21. The molecule has 1 amide bonds. The number of nitrogens with one attached hydrogen (secondary N) is 1. The maximum atomic E-state index is 11.5. The molecule has 0 aromatic heterocycles.